The number of anilines is 1. The molecular weight excluding hydrogens is 453 g/mol. The smallest absolute Gasteiger partial charge is 0.450 e. The molecule has 4 rings (SSSR count). The first kappa shape index (κ1) is 23.3. The van der Waals surface area contributed by atoms with Crippen molar-refractivity contribution in [3.63, 3.8) is 0 Å². The summed E-state index contributed by atoms with van der Waals surface area (Å²) in [5, 5.41) is 19.0. The van der Waals surface area contributed by atoms with Crippen LogP contribution in [-0.2, 0) is 23.8 Å². The van der Waals surface area contributed by atoms with Gasteiger partial charge < -0.3 is 15.5 Å². The third-order valence-corrected chi connectivity index (χ3v) is 7.06. The Kier molecular flexibility index (Phi) is 7.37. The van der Waals surface area contributed by atoms with E-state index in [1.807, 2.05) is 6.08 Å². The van der Waals surface area contributed by atoms with Crippen molar-refractivity contribution in [3.05, 3.63) is 33.2 Å². The minimum atomic E-state index is -4.46. The number of carbonyl (C=O) groups is 2. The Bertz CT molecular complexity index is 991. The second-order valence-corrected chi connectivity index (χ2v) is 9.13. The van der Waals surface area contributed by atoms with Crippen LogP contribution in [0.25, 0.3) is 10.6 Å². The summed E-state index contributed by atoms with van der Waals surface area (Å²) in [5.41, 5.74) is 1.65. The lowest BCUT2D eigenvalue weighted by Crippen LogP contribution is -2.15. The van der Waals surface area contributed by atoms with E-state index in [4.69, 9.17) is 15.0 Å². The Hall–Kier alpha value is -2.40. The van der Waals surface area contributed by atoms with Crippen LogP contribution in [0.2, 0.25) is 0 Å². The number of carboxylic acid groups (broad SMARTS) is 2. The molecule has 0 saturated heterocycles. The monoisotopic (exact) mass is 474 g/mol. The number of allylic oxidation sites excluding steroid dienone is 1. The quantitative estimate of drug-likeness (QED) is 0.476. The Morgan fingerprint density at radius 2 is 1.74 bits per heavy atom. The van der Waals surface area contributed by atoms with Gasteiger partial charge in [-0.15, -0.1) is 22.7 Å². The lowest BCUT2D eigenvalue weighted by Gasteiger charge is -2.13. The minimum Gasteiger partial charge on any atom is -0.450 e. The Morgan fingerprint density at radius 3 is 2.35 bits per heavy atom. The molecule has 0 aromatic carbocycles. The molecule has 2 heterocycles. The van der Waals surface area contributed by atoms with Crippen LogP contribution < -0.4 is 5.32 Å². The van der Waals surface area contributed by atoms with Gasteiger partial charge in [0, 0.05) is 21.4 Å². The fraction of sp³-hybridized carbons (Fsp3) is 0.450. The van der Waals surface area contributed by atoms with Crippen molar-refractivity contribution in [1.29, 1.82) is 0 Å². The number of amides is 1. The van der Waals surface area contributed by atoms with E-state index < -0.39 is 18.0 Å². The predicted molar refractivity (Wildman–Crippen MR) is 113 cm³/mol. The number of hydrogen-bond donors (Lipinski definition) is 3. The van der Waals surface area contributed by atoms with Gasteiger partial charge in [-0.25, -0.2) is 9.78 Å². The van der Waals surface area contributed by atoms with Gasteiger partial charge in [0.25, 0.3) is 5.91 Å². The number of thiazole rings is 1. The van der Waals surface area contributed by atoms with Crippen LogP contribution in [0.5, 0.6) is 0 Å². The standard InChI is InChI=1S/C19H19F3N2OS2.CH2O3/c20-19(21,22)14-10-26-17(23-14)15-12-8-4-5-9-13(12)27-18(15)24-16(25)11-6-2-1-3-7-11;2-1(3)4/h6,10H,1-5,7-9H2,(H,24,25);(H2,2,3,4). The van der Waals surface area contributed by atoms with Crippen molar-refractivity contribution in [2.75, 3.05) is 5.32 Å². The van der Waals surface area contributed by atoms with E-state index in [2.05, 4.69) is 10.3 Å². The molecular formula is C20H21F3N2O4S2. The van der Waals surface area contributed by atoms with Gasteiger partial charge >= 0.3 is 12.3 Å². The number of halogens is 3. The molecule has 6 nitrogen and oxygen atoms in total. The van der Waals surface area contributed by atoms with E-state index in [1.54, 1.807) is 0 Å². The van der Waals surface area contributed by atoms with Crippen molar-refractivity contribution in [2.45, 2.75) is 57.5 Å². The van der Waals surface area contributed by atoms with Crippen molar-refractivity contribution >= 4 is 39.7 Å². The summed E-state index contributed by atoms with van der Waals surface area (Å²) in [7, 11) is 0. The number of thiophene rings is 1. The summed E-state index contributed by atoms with van der Waals surface area (Å²) in [4.78, 5) is 26.2. The lowest BCUT2D eigenvalue weighted by atomic mass is 9.95. The molecule has 0 spiro atoms. The number of fused-ring (bicyclic) bond motifs is 1. The zero-order valence-corrected chi connectivity index (χ0v) is 18.1. The van der Waals surface area contributed by atoms with Crippen LogP contribution in [0.3, 0.4) is 0 Å². The highest BCUT2D eigenvalue weighted by molar-refractivity contribution is 7.18. The Labute approximate surface area is 184 Å². The first-order valence-corrected chi connectivity index (χ1v) is 11.5. The number of rotatable bonds is 3. The number of nitrogens with one attached hydrogen (secondary N) is 1. The second kappa shape index (κ2) is 9.82. The summed E-state index contributed by atoms with van der Waals surface area (Å²) in [5.74, 6) is -0.137. The summed E-state index contributed by atoms with van der Waals surface area (Å²) in [6.07, 6.45) is 3.22. The zero-order chi connectivity index (χ0) is 22.6. The minimum absolute atomic E-state index is 0.137. The molecule has 2 aliphatic carbocycles. The van der Waals surface area contributed by atoms with Crippen molar-refractivity contribution < 1.29 is 33.0 Å². The van der Waals surface area contributed by atoms with Gasteiger partial charge in [-0.1, -0.05) is 6.08 Å². The molecule has 2 aromatic heterocycles. The van der Waals surface area contributed by atoms with Gasteiger partial charge in [-0.2, -0.15) is 13.2 Å². The normalized spacial score (nSPS) is 15.9. The number of aromatic nitrogens is 1. The molecule has 31 heavy (non-hydrogen) atoms. The molecule has 0 radical (unpaired) electrons. The molecule has 1 amide bonds. The number of hydrogen-bond acceptors (Lipinski definition) is 5. The molecule has 2 aromatic rings. The number of aryl methyl sites for hydroxylation is 1. The van der Waals surface area contributed by atoms with Crippen LogP contribution in [0.4, 0.5) is 23.0 Å². The average Bonchev–Trinajstić information content (AvgIpc) is 3.32. The van der Waals surface area contributed by atoms with Crippen LogP contribution in [0.1, 0.15) is 54.7 Å². The number of alkyl halides is 3. The fourth-order valence-corrected chi connectivity index (χ4v) is 5.88. The largest absolute Gasteiger partial charge is 0.503 e. The second-order valence-electron chi connectivity index (χ2n) is 7.16. The van der Waals surface area contributed by atoms with E-state index in [1.165, 1.54) is 11.3 Å². The molecule has 168 valence electrons. The molecule has 3 N–H and O–H groups in total. The topological polar surface area (TPSA) is 99.5 Å². The number of nitrogens with zero attached hydrogens (tertiary/aromatic N) is 1. The third kappa shape index (κ3) is 5.85. The van der Waals surface area contributed by atoms with E-state index in [0.29, 0.717) is 15.6 Å². The van der Waals surface area contributed by atoms with Crippen LogP contribution in [0.15, 0.2) is 17.0 Å². The highest BCUT2D eigenvalue weighted by Gasteiger charge is 2.35. The molecule has 11 heteroatoms. The van der Waals surface area contributed by atoms with Crippen molar-refractivity contribution in [2.24, 2.45) is 0 Å². The van der Waals surface area contributed by atoms with Crippen LogP contribution in [0, 0.1) is 0 Å². The fourth-order valence-electron chi connectivity index (χ4n) is 3.63. The molecule has 0 aliphatic heterocycles. The van der Waals surface area contributed by atoms with Gasteiger partial charge in [-0.3, -0.25) is 4.79 Å². The van der Waals surface area contributed by atoms with Gasteiger partial charge in [0.1, 0.15) is 10.0 Å². The van der Waals surface area contributed by atoms with E-state index in [-0.39, 0.29) is 5.91 Å². The molecule has 0 fully saturated rings. The first-order chi connectivity index (χ1) is 14.7. The molecule has 0 atom stereocenters. The van der Waals surface area contributed by atoms with Crippen molar-refractivity contribution in [1.82, 2.24) is 4.98 Å². The SMILES string of the molecule is O=C(Nc1sc2c(c1-c1nc(C(F)(F)F)cs1)CCCC2)C1=CCCCC1.O=C(O)O. The third-order valence-electron chi connectivity index (χ3n) is 4.99. The summed E-state index contributed by atoms with van der Waals surface area (Å²) in [6, 6.07) is 0. The van der Waals surface area contributed by atoms with Crippen LogP contribution >= 0.6 is 22.7 Å². The van der Waals surface area contributed by atoms with Gasteiger partial charge in [0.05, 0.1) is 0 Å². The molecule has 0 unspecified atom stereocenters. The van der Waals surface area contributed by atoms with E-state index >= 15 is 0 Å². The molecule has 0 saturated carbocycles. The number of carbonyl (C=O) groups excluding carboxylic acids is 1. The van der Waals surface area contributed by atoms with E-state index in [9.17, 15) is 18.0 Å². The summed E-state index contributed by atoms with van der Waals surface area (Å²) < 4.78 is 39.0. The Balaban J connectivity index is 0.000000628. The average molecular weight is 475 g/mol. The van der Waals surface area contributed by atoms with Gasteiger partial charge in [0.15, 0.2) is 5.69 Å². The summed E-state index contributed by atoms with van der Waals surface area (Å²) >= 11 is 2.49. The zero-order valence-electron chi connectivity index (χ0n) is 16.4. The van der Waals surface area contributed by atoms with Crippen molar-refractivity contribution in [3.8, 4) is 10.6 Å². The maximum absolute atomic E-state index is 13.0. The Morgan fingerprint density at radius 1 is 1.06 bits per heavy atom. The molecule has 0 bridgehead atoms. The lowest BCUT2D eigenvalue weighted by molar-refractivity contribution is -0.140. The van der Waals surface area contributed by atoms with Gasteiger partial charge in [-0.05, 0) is 56.9 Å². The molecule has 2 aliphatic rings. The highest BCUT2D eigenvalue weighted by Crippen LogP contribution is 2.46. The van der Waals surface area contributed by atoms with E-state index in [0.717, 1.165) is 84.1 Å². The maximum atomic E-state index is 13.0. The predicted octanol–water partition coefficient (Wildman–Crippen LogP) is 6.43. The van der Waals surface area contributed by atoms with Crippen LogP contribution in [-0.4, -0.2) is 27.3 Å². The highest BCUT2D eigenvalue weighted by atomic mass is 32.1. The first-order valence-electron chi connectivity index (χ1n) is 9.76. The maximum Gasteiger partial charge on any atom is 0.503 e. The van der Waals surface area contributed by atoms with Gasteiger partial charge in [0.2, 0.25) is 0 Å². The summed E-state index contributed by atoms with van der Waals surface area (Å²) in [6.45, 7) is 0.